The second-order valence-electron chi connectivity index (χ2n) is 6.54. The number of carbonyl (C=O) groups excluding carboxylic acids is 2. The van der Waals surface area contributed by atoms with E-state index in [2.05, 4.69) is 0 Å². The Kier molecular flexibility index (Phi) is 8.66. The van der Waals surface area contributed by atoms with Gasteiger partial charge in [-0.15, -0.1) is 0 Å². The van der Waals surface area contributed by atoms with Crippen LogP contribution < -0.4 is 0 Å². The van der Waals surface area contributed by atoms with E-state index in [0.717, 1.165) is 16.7 Å². The number of hydrogen-bond acceptors (Lipinski definition) is 4. The number of rotatable bonds is 10. The normalized spacial score (nSPS) is 10.5. The van der Waals surface area contributed by atoms with Crippen LogP contribution >= 0.6 is 0 Å². The van der Waals surface area contributed by atoms with Crippen molar-refractivity contribution in [1.29, 1.82) is 0 Å². The second kappa shape index (κ2) is 11.2. The molecule has 0 radical (unpaired) electrons. The molecule has 28 heavy (non-hydrogen) atoms. The highest BCUT2D eigenvalue weighted by atomic mass is 19.1. The Hall–Kier alpha value is -2.69. The molecule has 0 N–H and O–H groups in total. The zero-order valence-electron chi connectivity index (χ0n) is 16.5. The van der Waals surface area contributed by atoms with Gasteiger partial charge < -0.3 is 9.47 Å². The predicted octanol–water partition coefficient (Wildman–Crippen LogP) is 4.41. The maximum absolute atomic E-state index is 14.0. The lowest BCUT2D eigenvalue weighted by Gasteiger charge is -2.11. The first kappa shape index (κ1) is 21.6. The van der Waals surface area contributed by atoms with Crippen LogP contribution in [0.5, 0.6) is 0 Å². The van der Waals surface area contributed by atoms with Crippen LogP contribution in [0.4, 0.5) is 4.39 Å². The highest BCUT2D eigenvalue weighted by Crippen LogP contribution is 2.19. The van der Waals surface area contributed by atoms with Gasteiger partial charge in [-0.25, -0.2) is 4.39 Å². The summed E-state index contributed by atoms with van der Waals surface area (Å²) in [6, 6.07) is 12.6. The summed E-state index contributed by atoms with van der Waals surface area (Å²) in [6.45, 7) is 4.27. The van der Waals surface area contributed by atoms with Crippen LogP contribution in [-0.4, -0.2) is 25.2 Å². The lowest BCUT2D eigenvalue weighted by Crippen LogP contribution is -2.07. The summed E-state index contributed by atoms with van der Waals surface area (Å²) in [7, 11) is 0. The molecule has 0 aliphatic heterocycles. The van der Waals surface area contributed by atoms with E-state index in [0.29, 0.717) is 38.0 Å². The monoisotopic (exact) mass is 386 g/mol. The van der Waals surface area contributed by atoms with Crippen molar-refractivity contribution in [2.75, 3.05) is 13.2 Å². The third-order valence-corrected chi connectivity index (χ3v) is 4.31. The molecule has 5 heteroatoms. The van der Waals surface area contributed by atoms with Crippen molar-refractivity contribution in [2.45, 2.75) is 46.0 Å². The Balaban J connectivity index is 2.18. The fraction of sp³-hybridized carbons (Fsp3) is 0.391. The molecule has 2 rings (SSSR count). The predicted molar refractivity (Wildman–Crippen MR) is 106 cm³/mol. The molecule has 0 fully saturated rings. The van der Waals surface area contributed by atoms with E-state index in [4.69, 9.17) is 9.47 Å². The Morgan fingerprint density at radius 2 is 1.32 bits per heavy atom. The van der Waals surface area contributed by atoms with E-state index in [1.807, 2.05) is 24.3 Å². The molecular formula is C23H27FO4. The Morgan fingerprint density at radius 1 is 0.821 bits per heavy atom. The number of ether oxygens (including phenoxy) is 2. The standard InChI is InChI=1S/C23H27FO4/c1-3-27-22(25)11-9-17-13-18(10-12-23(26)28-4-2)15-19(14-17)16-20-7-5-6-8-21(20)24/h5-8,13-15H,3-4,9-12,16H2,1-2H3. The zero-order chi connectivity index (χ0) is 20.4. The largest absolute Gasteiger partial charge is 0.466 e. The van der Waals surface area contributed by atoms with Gasteiger partial charge in [-0.05, 0) is 55.0 Å². The summed E-state index contributed by atoms with van der Waals surface area (Å²) in [6.07, 6.45) is 2.10. The number of benzene rings is 2. The third-order valence-electron chi connectivity index (χ3n) is 4.31. The number of hydrogen-bond donors (Lipinski definition) is 0. The summed E-state index contributed by atoms with van der Waals surface area (Å²) >= 11 is 0. The first-order chi connectivity index (χ1) is 13.5. The molecule has 0 unspecified atom stereocenters. The molecule has 0 saturated heterocycles. The van der Waals surface area contributed by atoms with E-state index in [9.17, 15) is 14.0 Å². The molecule has 2 aromatic carbocycles. The van der Waals surface area contributed by atoms with Crippen molar-refractivity contribution in [3.63, 3.8) is 0 Å². The third kappa shape index (κ3) is 7.14. The zero-order valence-corrected chi connectivity index (χ0v) is 16.5. The lowest BCUT2D eigenvalue weighted by molar-refractivity contribution is -0.143. The van der Waals surface area contributed by atoms with Gasteiger partial charge in [0.25, 0.3) is 0 Å². The minimum Gasteiger partial charge on any atom is -0.466 e. The van der Waals surface area contributed by atoms with Crippen molar-refractivity contribution in [3.05, 3.63) is 70.5 Å². The summed E-state index contributed by atoms with van der Waals surface area (Å²) in [5, 5.41) is 0. The molecule has 2 aromatic rings. The van der Waals surface area contributed by atoms with E-state index in [-0.39, 0.29) is 30.6 Å². The molecule has 0 atom stereocenters. The molecule has 0 amide bonds. The average molecular weight is 386 g/mol. The van der Waals surface area contributed by atoms with Gasteiger partial charge in [0.2, 0.25) is 0 Å². The lowest BCUT2D eigenvalue weighted by atomic mass is 9.96. The van der Waals surface area contributed by atoms with Crippen molar-refractivity contribution in [2.24, 2.45) is 0 Å². The summed E-state index contributed by atoms with van der Waals surface area (Å²) in [5.74, 6) is -0.724. The number of esters is 2. The van der Waals surface area contributed by atoms with Crippen molar-refractivity contribution >= 4 is 11.9 Å². The molecule has 0 aliphatic carbocycles. The maximum atomic E-state index is 14.0. The van der Waals surface area contributed by atoms with Gasteiger partial charge in [-0.3, -0.25) is 9.59 Å². The average Bonchev–Trinajstić information content (AvgIpc) is 2.67. The van der Waals surface area contributed by atoms with Gasteiger partial charge in [0.1, 0.15) is 5.82 Å². The van der Waals surface area contributed by atoms with E-state index < -0.39 is 0 Å². The molecule has 150 valence electrons. The van der Waals surface area contributed by atoms with Crippen LogP contribution in [-0.2, 0) is 38.3 Å². The maximum Gasteiger partial charge on any atom is 0.306 e. The Bertz CT molecular complexity index is 761. The van der Waals surface area contributed by atoms with Crippen molar-refractivity contribution < 1.29 is 23.5 Å². The van der Waals surface area contributed by atoms with Crippen LogP contribution in [0.1, 0.15) is 48.9 Å². The van der Waals surface area contributed by atoms with Gasteiger partial charge in [0.05, 0.1) is 13.2 Å². The summed E-state index contributed by atoms with van der Waals surface area (Å²) in [5.41, 5.74) is 3.51. The van der Waals surface area contributed by atoms with E-state index in [1.54, 1.807) is 26.0 Å². The highest BCUT2D eigenvalue weighted by Gasteiger charge is 2.10. The van der Waals surface area contributed by atoms with E-state index >= 15 is 0 Å². The van der Waals surface area contributed by atoms with Gasteiger partial charge in [0, 0.05) is 19.3 Å². The fourth-order valence-corrected chi connectivity index (χ4v) is 3.05. The first-order valence-electron chi connectivity index (χ1n) is 9.68. The minimum atomic E-state index is -0.243. The Labute approximate surface area is 165 Å². The van der Waals surface area contributed by atoms with Crippen LogP contribution in [0, 0.1) is 5.82 Å². The summed E-state index contributed by atoms with van der Waals surface area (Å²) < 4.78 is 24.0. The van der Waals surface area contributed by atoms with Crippen LogP contribution in [0.25, 0.3) is 0 Å². The fourth-order valence-electron chi connectivity index (χ4n) is 3.05. The number of aryl methyl sites for hydroxylation is 2. The minimum absolute atomic E-state index is 0.241. The van der Waals surface area contributed by atoms with Crippen molar-refractivity contribution in [3.8, 4) is 0 Å². The smallest absolute Gasteiger partial charge is 0.306 e. The van der Waals surface area contributed by atoms with Crippen LogP contribution in [0.15, 0.2) is 42.5 Å². The van der Waals surface area contributed by atoms with Gasteiger partial charge in [-0.1, -0.05) is 36.4 Å². The van der Waals surface area contributed by atoms with Crippen LogP contribution in [0.2, 0.25) is 0 Å². The van der Waals surface area contributed by atoms with Crippen LogP contribution in [0.3, 0.4) is 0 Å². The molecule has 0 aliphatic rings. The number of carbonyl (C=O) groups is 2. The van der Waals surface area contributed by atoms with E-state index in [1.165, 1.54) is 6.07 Å². The number of halogens is 1. The van der Waals surface area contributed by atoms with Gasteiger partial charge in [0.15, 0.2) is 0 Å². The Morgan fingerprint density at radius 3 is 1.82 bits per heavy atom. The molecule has 0 aromatic heterocycles. The SMILES string of the molecule is CCOC(=O)CCc1cc(CCC(=O)OCC)cc(Cc2ccccc2F)c1. The van der Waals surface area contributed by atoms with Gasteiger partial charge in [-0.2, -0.15) is 0 Å². The molecule has 0 saturated carbocycles. The molecule has 0 heterocycles. The van der Waals surface area contributed by atoms with Crippen molar-refractivity contribution in [1.82, 2.24) is 0 Å². The highest BCUT2D eigenvalue weighted by molar-refractivity contribution is 5.70. The topological polar surface area (TPSA) is 52.6 Å². The van der Waals surface area contributed by atoms with Gasteiger partial charge >= 0.3 is 11.9 Å². The summed E-state index contributed by atoms with van der Waals surface area (Å²) in [4.78, 5) is 23.4. The molecule has 0 bridgehead atoms. The molecular weight excluding hydrogens is 359 g/mol. The first-order valence-corrected chi connectivity index (χ1v) is 9.68. The second-order valence-corrected chi connectivity index (χ2v) is 6.54. The molecule has 0 spiro atoms. The molecule has 4 nitrogen and oxygen atoms in total. The quantitative estimate of drug-likeness (QED) is 0.568.